The summed E-state index contributed by atoms with van der Waals surface area (Å²) in [5.74, 6) is -1.42. The molecule has 2 unspecified atom stereocenters. The molecule has 6 heteroatoms. The van der Waals surface area contributed by atoms with Crippen molar-refractivity contribution in [3.05, 3.63) is 0 Å². The number of aliphatic carboxylic acids is 1. The summed E-state index contributed by atoms with van der Waals surface area (Å²) in [6, 6.07) is -0.770. The molecule has 2 aliphatic rings. The predicted octanol–water partition coefficient (Wildman–Crippen LogP) is 0.860. The monoisotopic (exact) mass is 296 g/mol. The third-order valence-electron chi connectivity index (χ3n) is 4.25. The van der Waals surface area contributed by atoms with Gasteiger partial charge in [-0.2, -0.15) is 0 Å². The standard InChI is InChI=1S/C15H24N2O4/c1-9(2)14(19)17-7-3-4-11(8-17)13(18)16-12(15(20)21)10-5-6-10/h9-12H,3-8H2,1-2H3,(H,16,18)(H,20,21). The van der Waals surface area contributed by atoms with Crippen LogP contribution in [0.4, 0.5) is 0 Å². The molecule has 2 amide bonds. The van der Waals surface area contributed by atoms with E-state index in [0.29, 0.717) is 19.5 Å². The molecule has 1 saturated carbocycles. The molecule has 1 heterocycles. The second-order valence-corrected chi connectivity index (χ2v) is 6.44. The highest BCUT2D eigenvalue weighted by molar-refractivity contribution is 5.86. The Kier molecular flexibility index (Phi) is 4.85. The minimum Gasteiger partial charge on any atom is -0.480 e. The fourth-order valence-corrected chi connectivity index (χ4v) is 2.84. The molecule has 0 spiro atoms. The summed E-state index contributed by atoms with van der Waals surface area (Å²) < 4.78 is 0. The van der Waals surface area contributed by atoms with Gasteiger partial charge in [0.1, 0.15) is 6.04 Å². The average molecular weight is 296 g/mol. The van der Waals surface area contributed by atoms with E-state index in [9.17, 15) is 14.4 Å². The van der Waals surface area contributed by atoms with Crippen LogP contribution in [0.25, 0.3) is 0 Å². The van der Waals surface area contributed by atoms with E-state index in [1.165, 1.54) is 0 Å². The lowest BCUT2D eigenvalue weighted by Crippen LogP contribution is -2.50. The zero-order valence-corrected chi connectivity index (χ0v) is 12.7. The van der Waals surface area contributed by atoms with Gasteiger partial charge in [0.2, 0.25) is 11.8 Å². The summed E-state index contributed by atoms with van der Waals surface area (Å²) in [5, 5.41) is 11.8. The molecule has 2 rings (SSSR count). The number of carbonyl (C=O) groups is 3. The lowest BCUT2D eigenvalue weighted by atomic mass is 9.95. The first kappa shape index (κ1) is 15.8. The number of nitrogens with one attached hydrogen (secondary N) is 1. The first-order valence-electron chi connectivity index (χ1n) is 7.72. The van der Waals surface area contributed by atoms with Gasteiger partial charge in [0.05, 0.1) is 5.92 Å². The quantitative estimate of drug-likeness (QED) is 0.788. The van der Waals surface area contributed by atoms with Crippen LogP contribution in [0.2, 0.25) is 0 Å². The van der Waals surface area contributed by atoms with Crippen LogP contribution in [-0.4, -0.2) is 46.9 Å². The number of amides is 2. The topological polar surface area (TPSA) is 86.7 Å². The minimum absolute atomic E-state index is 0.0597. The van der Waals surface area contributed by atoms with E-state index in [1.807, 2.05) is 13.8 Å². The first-order chi connectivity index (χ1) is 9.90. The highest BCUT2D eigenvalue weighted by Gasteiger charge is 2.39. The molecular formula is C15H24N2O4. The van der Waals surface area contributed by atoms with Gasteiger partial charge in [-0.25, -0.2) is 4.79 Å². The van der Waals surface area contributed by atoms with Crippen molar-refractivity contribution in [2.75, 3.05) is 13.1 Å². The fourth-order valence-electron chi connectivity index (χ4n) is 2.84. The van der Waals surface area contributed by atoms with E-state index in [2.05, 4.69) is 5.32 Å². The number of likely N-dealkylation sites (tertiary alicyclic amines) is 1. The number of piperidine rings is 1. The van der Waals surface area contributed by atoms with Crippen molar-refractivity contribution in [2.24, 2.45) is 17.8 Å². The van der Waals surface area contributed by atoms with E-state index in [-0.39, 0.29) is 29.6 Å². The number of nitrogens with zero attached hydrogens (tertiary/aromatic N) is 1. The molecule has 0 bridgehead atoms. The molecule has 1 saturated heterocycles. The molecule has 118 valence electrons. The molecular weight excluding hydrogens is 272 g/mol. The molecule has 0 aromatic carbocycles. The van der Waals surface area contributed by atoms with E-state index in [0.717, 1.165) is 19.3 Å². The van der Waals surface area contributed by atoms with Gasteiger partial charge in [0.25, 0.3) is 0 Å². The maximum atomic E-state index is 12.3. The van der Waals surface area contributed by atoms with E-state index in [4.69, 9.17) is 5.11 Å². The van der Waals surface area contributed by atoms with Crippen molar-refractivity contribution < 1.29 is 19.5 Å². The molecule has 0 aromatic heterocycles. The zero-order valence-electron chi connectivity index (χ0n) is 12.7. The van der Waals surface area contributed by atoms with Gasteiger partial charge < -0.3 is 15.3 Å². The summed E-state index contributed by atoms with van der Waals surface area (Å²) in [7, 11) is 0. The van der Waals surface area contributed by atoms with Crippen molar-refractivity contribution in [1.29, 1.82) is 0 Å². The number of hydrogen-bond donors (Lipinski definition) is 2. The lowest BCUT2D eigenvalue weighted by molar-refractivity contribution is -0.144. The smallest absolute Gasteiger partial charge is 0.326 e. The summed E-state index contributed by atoms with van der Waals surface area (Å²) in [6.07, 6.45) is 3.22. The van der Waals surface area contributed by atoms with Crippen LogP contribution in [-0.2, 0) is 14.4 Å². The lowest BCUT2D eigenvalue weighted by Gasteiger charge is -2.33. The summed E-state index contributed by atoms with van der Waals surface area (Å²) in [4.78, 5) is 37.2. The number of hydrogen-bond acceptors (Lipinski definition) is 3. The highest BCUT2D eigenvalue weighted by atomic mass is 16.4. The van der Waals surface area contributed by atoms with E-state index < -0.39 is 12.0 Å². The largest absolute Gasteiger partial charge is 0.480 e. The van der Waals surface area contributed by atoms with Crippen molar-refractivity contribution in [1.82, 2.24) is 10.2 Å². The molecule has 0 aromatic rings. The van der Waals surface area contributed by atoms with Gasteiger partial charge in [-0.1, -0.05) is 13.8 Å². The predicted molar refractivity (Wildman–Crippen MR) is 76.4 cm³/mol. The zero-order chi connectivity index (χ0) is 15.6. The minimum atomic E-state index is -0.961. The maximum Gasteiger partial charge on any atom is 0.326 e. The summed E-state index contributed by atoms with van der Waals surface area (Å²) in [6.45, 7) is 4.78. The Morgan fingerprint density at radius 3 is 2.38 bits per heavy atom. The molecule has 1 aliphatic carbocycles. The Morgan fingerprint density at radius 1 is 1.19 bits per heavy atom. The summed E-state index contributed by atoms with van der Waals surface area (Å²) >= 11 is 0. The Bertz CT molecular complexity index is 431. The van der Waals surface area contributed by atoms with Gasteiger partial charge in [0, 0.05) is 19.0 Å². The molecule has 21 heavy (non-hydrogen) atoms. The van der Waals surface area contributed by atoms with Crippen LogP contribution in [0.5, 0.6) is 0 Å². The van der Waals surface area contributed by atoms with Gasteiger partial charge in [-0.15, -0.1) is 0 Å². The van der Waals surface area contributed by atoms with E-state index in [1.54, 1.807) is 4.90 Å². The molecule has 1 aliphatic heterocycles. The molecule has 2 fully saturated rings. The second kappa shape index (κ2) is 6.45. The van der Waals surface area contributed by atoms with Crippen molar-refractivity contribution in [2.45, 2.75) is 45.6 Å². The van der Waals surface area contributed by atoms with Crippen LogP contribution in [0.1, 0.15) is 39.5 Å². The van der Waals surface area contributed by atoms with Crippen LogP contribution < -0.4 is 5.32 Å². The number of rotatable bonds is 5. The van der Waals surface area contributed by atoms with Gasteiger partial charge in [-0.3, -0.25) is 9.59 Å². The Morgan fingerprint density at radius 2 is 1.86 bits per heavy atom. The molecule has 6 nitrogen and oxygen atoms in total. The van der Waals surface area contributed by atoms with E-state index >= 15 is 0 Å². The molecule has 0 radical (unpaired) electrons. The average Bonchev–Trinajstić information content (AvgIpc) is 3.27. The third kappa shape index (κ3) is 3.95. The normalized spacial score (nSPS) is 23.8. The molecule has 2 N–H and O–H groups in total. The Balaban J connectivity index is 1.92. The number of carboxylic acid groups (broad SMARTS) is 1. The molecule has 2 atom stereocenters. The Hall–Kier alpha value is -1.59. The van der Waals surface area contributed by atoms with Crippen molar-refractivity contribution in [3.63, 3.8) is 0 Å². The van der Waals surface area contributed by atoms with Crippen LogP contribution in [0, 0.1) is 17.8 Å². The van der Waals surface area contributed by atoms with Crippen molar-refractivity contribution in [3.8, 4) is 0 Å². The fraction of sp³-hybridized carbons (Fsp3) is 0.800. The van der Waals surface area contributed by atoms with Gasteiger partial charge in [0.15, 0.2) is 0 Å². The second-order valence-electron chi connectivity index (χ2n) is 6.44. The van der Waals surface area contributed by atoms with Crippen molar-refractivity contribution >= 4 is 17.8 Å². The van der Waals surface area contributed by atoms with Gasteiger partial charge >= 0.3 is 5.97 Å². The van der Waals surface area contributed by atoms with Crippen LogP contribution >= 0.6 is 0 Å². The Labute approximate surface area is 124 Å². The highest BCUT2D eigenvalue weighted by Crippen LogP contribution is 2.33. The maximum absolute atomic E-state index is 12.3. The number of carbonyl (C=O) groups excluding carboxylic acids is 2. The van der Waals surface area contributed by atoms with Crippen LogP contribution in [0.15, 0.2) is 0 Å². The first-order valence-corrected chi connectivity index (χ1v) is 7.72. The number of carboxylic acids is 1. The third-order valence-corrected chi connectivity index (χ3v) is 4.25. The van der Waals surface area contributed by atoms with Gasteiger partial charge in [-0.05, 0) is 31.6 Å². The van der Waals surface area contributed by atoms with Crippen LogP contribution in [0.3, 0.4) is 0 Å². The SMILES string of the molecule is CC(C)C(=O)N1CCCC(C(=O)NC(C(=O)O)C2CC2)C1. The summed E-state index contributed by atoms with van der Waals surface area (Å²) in [5.41, 5.74) is 0.